The number of nitrogens with one attached hydrogen (secondary N) is 1. The number of halogens is 1. The Labute approximate surface area is 121 Å². The van der Waals surface area contributed by atoms with Crippen molar-refractivity contribution in [3.05, 3.63) is 58.1 Å². The molecule has 19 heavy (non-hydrogen) atoms. The third-order valence-corrected chi connectivity index (χ3v) is 4.38. The predicted molar refractivity (Wildman–Crippen MR) is 82.0 cm³/mol. The van der Waals surface area contributed by atoms with Gasteiger partial charge >= 0.3 is 0 Å². The van der Waals surface area contributed by atoms with Crippen molar-refractivity contribution in [2.24, 2.45) is 0 Å². The third kappa shape index (κ3) is 2.61. The molecule has 0 spiro atoms. The van der Waals surface area contributed by atoms with Crippen LogP contribution in [0.1, 0.15) is 17.0 Å². The first-order chi connectivity index (χ1) is 9.24. The number of benzene rings is 2. The van der Waals surface area contributed by atoms with E-state index in [4.69, 9.17) is 4.74 Å². The average Bonchev–Trinajstić information content (AvgIpc) is 2.83. The molecule has 1 aliphatic rings. The van der Waals surface area contributed by atoms with Crippen LogP contribution >= 0.6 is 15.9 Å². The highest BCUT2D eigenvalue weighted by molar-refractivity contribution is 9.10. The van der Waals surface area contributed by atoms with Crippen LogP contribution in [0, 0.1) is 6.92 Å². The fourth-order valence-corrected chi connectivity index (χ4v) is 2.72. The number of aryl methyl sites for hydroxylation is 1. The Hall–Kier alpha value is -1.48. The van der Waals surface area contributed by atoms with Gasteiger partial charge < -0.3 is 10.1 Å². The first kappa shape index (κ1) is 12.5. The standard InChI is InChI=1S/C16H16BrNO/c1-11-6-7-13(8-15(11)17)18-9-12-10-19-16-5-3-2-4-14(12)16/h2-8,12,18H,9-10H2,1H3. The summed E-state index contributed by atoms with van der Waals surface area (Å²) in [5.74, 6) is 1.45. The summed E-state index contributed by atoms with van der Waals surface area (Å²) in [5.41, 5.74) is 3.70. The Morgan fingerprint density at radius 1 is 1.26 bits per heavy atom. The first-order valence-corrected chi connectivity index (χ1v) is 7.25. The van der Waals surface area contributed by atoms with Gasteiger partial charge in [-0.1, -0.05) is 40.2 Å². The summed E-state index contributed by atoms with van der Waals surface area (Å²) in [6, 6.07) is 14.6. The van der Waals surface area contributed by atoms with Crippen molar-refractivity contribution in [2.75, 3.05) is 18.5 Å². The van der Waals surface area contributed by atoms with Gasteiger partial charge in [-0.25, -0.2) is 0 Å². The molecule has 0 aromatic heterocycles. The second-order valence-corrected chi connectivity index (χ2v) is 5.74. The van der Waals surface area contributed by atoms with E-state index in [2.05, 4.69) is 58.5 Å². The fourth-order valence-electron chi connectivity index (χ4n) is 2.34. The van der Waals surface area contributed by atoms with E-state index in [1.807, 2.05) is 12.1 Å². The third-order valence-electron chi connectivity index (χ3n) is 3.52. The van der Waals surface area contributed by atoms with Crippen molar-refractivity contribution >= 4 is 21.6 Å². The number of hydrogen-bond donors (Lipinski definition) is 1. The second kappa shape index (κ2) is 5.25. The monoisotopic (exact) mass is 317 g/mol. The molecule has 1 N–H and O–H groups in total. The smallest absolute Gasteiger partial charge is 0.122 e. The number of rotatable bonds is 3. The Kier molecular flexibility index (Phi) is 3.47. The molecule has 0 bridgehead atoms. The lowest BCUT2D eigenvalue weighted by atomic mass is 10.0. The van der Waals surface area contributed by atoms with Crippen molar-refractivity contribution in [3.8, 4) is 5.75 Å². The molecule has 1 heterocycles. The molecule has 2 nitrogen and oxygen atoms in total. The topological polar surface area (TPSA) is 21.3 Å². The van der Waals surface area contributed by atoms with Crippen LogP contribution in [0.4, 0.5) is 5.69 Å². The van der Waals surface area contributed by atoms with E-state index >= 15 is 0 Å². The Morgan fingerprint density at radius 3 is 2.95 bits per heavy atom. The van der Waals surface area contributed by atoms with Gasteiger partial charge in [0.1, 0.15) is 5.75 Å². The zero-order chi connectivity index (χ0) is 13.2. The maximum absolute atomic E-state index is 5.69. The number of anilines is 1. The summed E-state index contributed by atoms with van der Waals surface area (Å²) in [5, 5.41) is 3.49. The van der Waals surface area contributed by atoms with Gasteiger partial charge in [0.05, 0.1) is 6.61 Å². The van der Waals surface area contributed by atoms with Crippen LogP contribution in [-0.4, -0.2) is 13.2 Å². The largest absolute Gasteiger partial charge is 0.493 e. The zero-order valence-corrected chi connectivity index (χ0v) is 12.4. The van der Waals surface area contributed by atoms with E-state index in [1.54, 1.807) is 0 Å². The highest BCUT2D eigenvalue weighted by atomic mass is 79.9. The molecular formula is C16H16BrNO. The molecule has 2 aromatic carbocycles. The van der Waals surface area contributed by atoms with Crippen LogP contribution in [0.25, 0.3) is 0 Å². The van der Waals surface area contributed by atoms with E-state index in [0.717, 1.165) is 29.1 Å². The molecule has 0 saturated heterocycles. The summed E-state index contributed by atoms with van der Waals surface area (Å²) in [7, 11) is 0. The maximum atomic E-state index is 5.69. The molecule has 0 radical (unpaired) electrons. The molecule has 1 aliphatic heterocycles. The summed E-state index contributed by atoms with van der Waals surface area (Å²) >= 11 is 3.56. The molecule has 2 aromatic rings. The predicted octanol–water partition coefficient (Wildman–Crippen LogP) is 4.35. The highest BCUT2D eigenvalue weighted by Gasteiger charge is 2.23. The van der Waals surface area contributed by atoms with Crippen molar-refractivity contribution in [1.82, 2.24) is 0 Å². The van der Waals surface area contributed by atoms with E-state index in [9.17, 15) is 0 Å². The molecule has 1 atom stereocenters. The zero-order valence-electron chi connectivity index (χ0n) is 10.8. The van der Waals surface area contributed by atoms with Gasteiger partial charge in [0, 0.05) is 28.2 Å². The average molecular weight is 318 g/mol. The molecule has 0 fully saturated rings. The Morgan fingerprint density at radius 2 is 2.11 bits per heavy atom. The van der Waals surface area contributed by atoms with Crippen LogP contribution in [-0.2, 0) is 0 Å². The lowest BCUT2D eigenvalue weighted by Gasteiger charge is -2.12. The van der Waals surface area contributed by atoms with E-state index in [1.165, 1.54) is 11.1 Å². The van der Waals surface area contributed by atoms with E-state index in [-0.39, 0.29) is 0 Å². The summed E-state index contributed by atoms with van der Waals surface area (Å²) < 4.78 is 6.83. The SMILES string of the molecule is Cc1ccc(NCC2COc3ccccc32)cc1Br. The van der Waals surface area contributed by atoms with Crippen molar-refractivity contribution in [2.45, 2.75) is 12.8 Å². The molecule has 3 heteroatoms. The van der Waals surface area contributed by atoms with Crippen LogP contribution in [0.5, 0.6) is 5.75 Å². The maximum Gasteiger partial charge on any atom is 0.122 e. The van der Waals surface area contributed by atoms with Crippen LogP contribution in [0.3, 0.4) is 0 Å². The Bertz CT molecular complexity index is 597. The van der Waals surface area contributed by atoms with Gasteiger partial charge in [-0.05, 0) is 30.7 Å². The quantitative estimate of drug-likeness (QED) is 0.909. The highest BCUT2D eigenvalue weighted by Crippen LogP contribution is 2.33. The van der Waals surface area contributed by atoms with Gasteiger partial charge in [-0.3, -0.25) is 0 Å². The van der Waals surface area contributed by atoms with Crippen LogP contribution in [0.15, 0.2) is 46.9 Å². The Balaban J connectivity index is 1.69. The number of fused-ring (bicyclic) bond motifs is 1. The minimum absolute atomic E-state index is 0.427. The number of ether oxygens (including phenoxy) is 1. The number of hydrogen-bond acceptors (Lipinski definition) is 2. The summed E-state index contributed by atoms with van der Waals surface area (Å²) in [4.78, 5) is 0. The molecule has 1 unspecified atom stereocenters. The lowest BCUT2D eigenvalue weighted by molar-refractivity contribution is 0.334. The first-order valence-electron chi connectivity index (χ1n) is 6.46. The van der Waals surface area contributed by atoms with Gasteiger partial charge in [0.2, 0.25) is 0 Å². The van der Waals surface area contributed by atoms with E-state index < -0.39 is 0 Å². The normalized spacial score (nSPS) is 16.8. The molecule has 0 aliphatic carbocycles. The van der Waals surface area contributed by atoms with Gasteiger partial charge in [0.25, 0.3) is 0 Å². The van der Waals surface area contributed by atoms with Crippen molar-refractivity contribution in [3.63, 3.8) is 0 Å². The van der Waals surface area contributed by atoms with Crippen molar-refractivity contribution < 1.29 is 4.74 Å². The van der Waals surface area contributed by atoms with Crippen LogP contribution in [0.2, 0.25) is 0 Å². The minimum Gasteiger partial charge on any atom is -0.493 e. The molecule has 0 saturated carbocycles. The van der Waals surface area contributed by atoms with Gasteiger partial charge in [-0.2, -0.15) is 0 Å². The second-order valence-electron chi connectivity index (χ2n) is 4.89. The summed E-state index contributed by atoms with van der Waals surface area (Å²) in [6.45, 7) is 3.75. The molecular weight excluding hydrogens is 302 g/mol. The molecule has 3 rings (SSSR count). The fraction of sp³-hybridized carbons (Fsp3) is 0.250. The number of para-hydroxylation sites is 1. The van der Waals surface area contributed by atoms with E-state index in [0.29, 0.717) is 5.92 Å². The van der Waals surface area contributed by atoms with Gasteiger partial charge in [-0.15, -0.1) is 0 Å². The van der Waals surface area contributed by atoms with Crippen LogP contribution < -0.4 is 10.1 Å². The lowest BCUT2D eigenvalue weighted by Crippen LogP contribution is -2.13. The summed E-state index contributed by atoms with van der Waals surface area (Å²) in [6.07, 6.45) is 0. The minimum atomic E-state index is 0.427. The van der Waals surface area contributed by atoms with Crippen molar-refractivity contribution in [1.29, 1.82) is 0 Å². The molecule has 0 amide bonds. The molecule has 98 valence electrons. The van der Waals surface area contributed by atoms with Gasteiger partial charge in [0.15, 0.2) is 0 Å².